The molecule has 1 fully saturated rings. The van der Waals surface area contributed by atoms with E-state index in [1.54, 1.807) is 29.2 Å². The second kappa shape index (κ2) is 7.47. The van der Waals surface area contributed by atoms with E-state index in [-0.39, 0.29) is 24.2 Å². The van der Waals surface area contributed by atoms with Crippen LogP contribution in [0.25, 0.3) is 0 Å². The van der Waals surface area contributed by atoms with Gasteiger partial charge < -0.3 is 9.80 Å². The zero-order chi connectivity index (χ0) is 17.8. The van der Waals surface area contributed by atoms with Gasteiger partial charge in [0.2, 0.25) is 11.8 Å². The number of rotatable bonds is 5. The number of hydrogen-bond acceptors (Lipinski definition) is 3. The number of carbonyl (C=O) groups excluding carboxylic acids is 2. The van der Waals surface area contributed by atoms with Gasteiger partial charge in [0.05, 0.1) is 5.92 Å². The van der Waals surface area contributed by atoms with E-state index in [0.717, 1.165) is 23.2 Å². The van der Waals surface area contributed by atoms with Gasteiger partial charge in [-0.1, -0.05) is 25.1 Å². The summed E-state index contributed by atoms with van der Waals surface area (Å²) >= 11 is 0. The Labute approximate surface area is 148 Å². The number of benzene rings is 1. The van der Waals surface area contributed by atoms with Crippen molar-refractivity contribution in [1.29, 1.82) is 0 Å². The highest BCUT2D eigenvalue weighted by molar-refractivity contribution is 6.00. The normalized spacial score (nSPS) is 17.0. The van der Waals surface area contributed by atoms with Crippen molar-refractivity contribution in [3.8, 4) is 0 Å². The number of aryl methyl sites for hydroxylation is 1. The van der Waals surface area contributed by atoms with E-state index in [1.807, 2.05) is 36.4 Å². The molecule has 2 aromatic rings. The van der Waals surface area contributed by atoms with Crippen molar-refractivity contribution < 1.29 is 9.59 Å². The fourth-order valence-corrected chi connectivity index (χ4v) is 3.33. The molecule has 0 N–H and O–H groups in total. The lowest BCUT2D eigenvalue weighted by molar-refractivity contribution is -0.135. The number of para-hydroxylation sites is 1. The monoisotopic (exact) mass is 337 g/mol. The van der Waals surface area contributed by atoms with Crippen LogP contribution in [0.15, 0.2) is 48.8 Å². The standard InChI is InChI=1S/C20H23N3O2/c1-3-16-6-4-5-7-18(16)23-14-17(12-19(23)24)20(25)22(2)13-15-8-10-21-11-9-15/h4-11,17H,3,12-14H2,1-2H3. The maximum Gasteiger partial charge on any atom is 0.228 e. The molecular weight excluding hydrogens is 314 g/mol. The Morgan fingerprint density at radius 1 is 1.24 bits per heavy atom. The first-order valence-electron chi connectivity index (χ1n) is 8.62. The Kier molecular flexibility index (Phi) is 5.12. The number of nitrogens with zero attached hydrogens (tertiary/aromatic N) is 3. The van der Waals surface area contributed by atoms with Gasteiger partial charge in [0.1, 0.15) is 0 Å². The van der Waals surface area contributed by atoms with Crippen molar-refractivity contribution in [2.24, 2.45) is 5.92 Å². The van der Waals surface area contributed by atoms with E-state index in [9.17, 15) is 9.59 Å². The summed E-state index contributed by atoms with van der Waals surface area (Å²) in [5, 5.41) is 0. The van der Waals surface area contributed by atoms with Gasteiger partial charge in [0.25, 0.3) is 0 Å². The second-order valence-corrected chi connectivity index (χ2v) is 6.44. The van der Waals surface area contributed by atoms with Gasteiger partial charge in [-0.2, -0.15) is 0 Å². The van der Waals surface area contributed by atoms with Gasteiger partial charge in [-0.05, 0) is 35.7 Å². The van der Waals surface area contributed by atoms with Crippen LogP contribution in [0.1, 0.15) is 24.5 Å². The van der Waals surface area contributed by atoms with E-state index in [2.05, 4.69) is 11.9 Å². The van der Waals surface area contributed by atoms with Gasteiger partial charge in [-0.25, -0.2) is 0 Å². The highest BCUT2D eigenvalue weighted by Crippen LogP contribution is 2.29. The van der Waals surface area contributed by atoms with Crippen LogP contribution in [0.5, 0.6) is 0 Å². The highest BCUT2D eigenvalue weighted by Gasteiger charge is 2.37. The Morgan fingerprint density at radius 2 is 1.96 bits per heavy atom. The summed E-state index contributed by atoms with van der Waals surface area (Å²) in [5.41, 5.74) is 3.10. The van der Waals surface area contributed by atoms with Crippen LogP contribution < -0.4 is 4.90 Å². The number of amides is 2. The molecule has 3 rings (SSSR count). The van der Waals surface area contributed by atoms with E-state index in [4.69, 9.17) is 0 Å². The number of anilines is 1. The molecule has 0 saturated carbocycles. The summed E-state index contributed by atoms with van der Waals surface area (Å²) in [6.45, 7) is 3.05. The lowest BCUT2D eigenvalue weighted by Crippen LogP contribution is -2.34. The van der Waals surface area contributed by atoms with Crippen LogP contribution in [0.4, 0.5) is 5.69 Å². The van der Waals surface area contributed by atoms with Gasteiger partial charge in [-0.3, -0.25) is 14.6 Å². The van der Waals surface area contributed by atoms with Crippen molar-refractivity contribution in [3.63, 3.8) is 0 Å². The average Bonchev–Trinajstić information content (AvgIpc) is 3.03. The minimum atomic E-state index is -0.288. The number of pyridine rings is 1. The van der Waals surface area contributed by atoms with Gasteiger partial charge in [-0.15, -0.1) is 0 Å². The summed E-state index contributed by atoms with van der Waals surface area (Å²) in [5.74, 6) is -0.248. The van der Waals surface area contributed by atoms with E-state index >= 15 is 0 Å². The summed E-state index contributed by atoms with van der Waals surface area (Å²) in [6, 6.07) is 11.7. The lowest BCUT2D eigenvalue weighted by atomic mass is 10.1. The maximum absolute atomic E-state index is 12.8. The van der Waals surface area contributed by atoms with Crippen LogP contribution in [0, 0.1) is 5.92 Å². The van der Waals surface area contributed by atoms with Crippen molar-refractivity contribution >= 4 is 17.5 Å². The predicted molar refractivity (Wildman–Crippen MR) is 97.0 cm³/mol. The Morgan fingerprint density at radius 3 is 2.68 bits per heavy atom. The smallest absolute Gasteiger partial charge is 0.228 e. The van der Waals surface area contributed by atoms with Gasteiger partial charge >= 0.3 is 0 Å². The molecule has 5 heteroatoms. The molecule has 1 aliphatic heterocycles. The molecule has 0 spiro atoms. The van der Waals surface area contributed by atoms with Gasteiger partial charge in [0.15, 0.2) is 0 Å². The van der Waals surface area contributed by atoms with Crippen molar-refractivity contribution in [3.05, 3.63) is 59.9 Å². The Hall–Kier alpha value is -2.69. The molecule has 0 bridgehead atoms. The molecule has 0 radical (unpaired) electrons. The zero-order valence-electron chi connectivity index (χ0n) is 14.7. The lowest BCUT2D eigenvalue weighted by Gasteiger charge is -2.22. The summed E-state index contributed by atoms with van der Waals surface area (Å²) in [7, 11) is 1.79. The van der Waals surface area contributed by atoms with Crippen molar-refractivity contribution in [2.75, 3.05) is 18.5 Å². The van der Waals surface area contributed by atoms with E-state index in [1.165, 1.54) is 0 Å². The molecule has 0 aliphatic carbocycles. The SMILES string of the molecule is CCc1ccccc1N1CC(C(=O)N(C)Cc2ccncc2)CC1=O. The third-order valence-corrected chi connectivity index (χ3v) is 4.68. The van der Waals surface area contributed by atoms with Crippen LogP contribution in [-0.2, 0) is 22.6 Å². The molecule has 1 saturated heterocycles. The molecule has 130 valence electrons. The van der Waals surface area contributed by atoms with Crippen LogP contribution in [0.3, 0.4) is 0 Å². The van der Waals surface area contributed by atoms with Crippen LogP contribution in [0.2, 0.25) is 0 Å². The molecular formula is C20H23N3O2. The fraction of sp³-hybridized carbons (Fsp3) is 0.350. The average molecular weight is 337 g/mol. The molecule has 1 unspecified atom stereocenters. The first-order valence-corrected chi connectivity index (χ1v) is 8.62. The molecule has 1 aliphatic rings. The first-order chi connectivity index (χ1) is 12.1. The summed E-state index contributed by atoms with van der Waals surface area (Å²) in [4.78, 5) is 32.7. The molecule has 25 heavy (non-hydrogen) atoms. The molecule has 1 atom stereocenters. The Balaban J connectivity index is 1.70. The molecule has 1 aromatic carbocycles. The number of aromatic nitrogens is 1. The molecule has 5 nitrogen and oxygen atoms in total. The van der Waals surface area contributed by atoms with Crippen molar-refractivity contribution in [2.45, 2.75) is 26.3 Å². The second-order valence-electron chi connectivity index (χ2n) is 6.44. The largest absolute Gasteiger partial charge is 0.341 e. The first kappa shape index (κ1) is 17.1. The van der Waals surface area contributed by atoms with E-state index in [0.29, 0.717) is 13.1 Å². The minimum Gasteiger partial charge on any atom is -0.341 e. The van der Waals surface area contributed by atoms with Crippen molar-refractivity contribution in [1.82, 2.24) is 9.88 Å². The minimum absolute atomic E-state index is 0.0154. The highest BCUT2D eigenvalue weighted by atomic mass is 16.2. The quantitative estimate of drug-likeness (QED) is 0.843. The summed E-state index contributed by atoms with van der Waals surface area (Å²) in [6.07, 6.45) is 4.57. The number of carbonyl (C=O) groups is 2. The maximum atomic E-state index is 12.8. The van der Waals surface area contributed by atoms with Crippen LogP contribution in [-0.4, -0.2) is 35.3 Å². The molecule has 2 amide bonds. The Bertz CT molecular complexity index is 761. The molecule has 1 aromatic heterocycles. The van der Waals surface area contributed by atoms with E-state index < -0.39 is 0 Å². The molecule has 2 heterocycles. The third-order valence-electron chi connectivity index (χ3n) is 4.68. The number of hydrogen-bond donors (Lipinski definition) is 0. The zero-order valence-corrected chi connectivity index (χ0v) is 14.7. The topological polar surface area (TPSA) is 53.5 Å². The predicted octanol–water partition coefficient (Wildman–Crippen LogP) is 2.66. The van der Waals surface area contributed by atoms with Crippen LogP contribution >= 0.6 is 0 Å². The van der Waals surface area contributed by atoms with Gasteiger partial charge in [0, 0.05) is 44.6 Å². The fourth-order valence-electron chi connectivity index (χ4n) is 3.33. The summed E-state index contributed by atoms with van der Waals surface area (Å²) < 4.78 is 0. The third kappa shape index (κ3) is 3.71.